The van der Waals surface area contributed by atoms with Crippen LogP contribution in [0.4, 0.5) is 13.2 Å². The predicted octanol–water partition coefficient (Wildman–Crippen LogP) is 4.80. The van der Waals surface area contributed by atoms with Crippen LogP contribution in [0.5, 0.6) is 5.75 Å². The summed E-state index contributed by atoms with van der Waals surface area (Å²) in [7, 11) is 0. The highest BCUT2D eigenvalue weighted by Gasteiger charge is 2.30. The van der Waals surface area contributed by atoms with E-state index in [0.29, 0.717) is 29.2 Å². The second-order valence-electron chi connectivity index (χ2n) is 6.49. The van der Waals surface area contributed by atoms with Crippen LogP contribution < -0.4 is 10.1 Å². The fourth-order valence-electron chi connectivity index (χ4n) is 2.85. The van der Waals surface area contributed by atoms with Gasteiger partial charge in [0.25, 0.3) is 5.91 Å². The number of carbonyl (C=O) groups is 1. The largest absolute Gasteiger partial charge is 0.494 e. The van der Waals surface area contributed by atoms with Gasteiger partial charge in [-0.25, -0.2) is 9.97 Å². The number of carbonyl (C=O) groups excluding carboxylic acids is 1. The fourth-order valence-corrected chi connectivity index (χ4v) is 2.85. The van der Waals surface area contributed by atoms with Crippen molar-refractivity contribution in [2.24, 2.45) is 0 Å². The summed E-state index contributed by atoms with van der Waals surface area (Å²) < 4.78 is 43.7. The van der Waals surface area contributed by atoms with Crippen LogP contribution in [0.25, 0.3) is 11.4 Å². The molecular formula is C22H20F3N3O2. The minimum atomic E-state index is -4.40. The molecule has 8 heteroatoms. The second-order valence-corrected chi connectivity index (χ2v) is 6.49. The maximum absolute atomic E-state index is 12.7. The molecule has 0 fully saturated rings. The third-order valence-electron chi connectivity index (χ3n) is 4.41. The van der Waals surface area contributed by atoms with Gasteiger partial charge in [-0.2, -0.15) is 13.2 Å². The van der Waals surface area contributed by atoms with Crippen molar-refractivity contribution in [2.75, 3.05) is 6.61 Å². The van der Waals surface area contributed by atoms with Gasteiger partial charge in [-0.05, 0) is 32.0 Å². The molecule has 156 valence electrons. The van der Waals surface area contributed by atoms with Crippen molar-refractivity contribution in [3.63, 3.8) is 0 Å². The van der Waals surface area contributed by atoms with Crippen molar-refractivity contribution < 1.29 is 22.7 Å². The van der Waals surface area contributed by atoms with Gasteiger partial charge in [0, 0.05) is 23.9 Å². The summed E-state index contributed by atoms with van der Waals surface area (Å²) in [6.45, 7) is 4.32. The average molecular weight is 415 g/mol. The zero-order valence-electron chi connectivity index (χ0n) is 16.5. The van der Waals surface area contributed by atoms with Gasteiger partial charge in [-0.15, -0.1) is 0 Å². The molecule has 0 aliphatic carbocycles. The normalized spacial score (nSPS) is 11.2. The van der Waals surface area contributed by atoms with Gasteiger partial charge in [0.2, 0.25) is 0 Å². The van der Waals surface area contributed by atoms with Crippen molar-refractivity contribution in [1.29, 1.82) is 0 Å². The first-order chi connectivity index (χ1) is 14.3. The van der Waals surface area contributed by atoms with Crippen LogP contribution in [0.15, 0.2) is 54.7 Å². The summed E-state index contributed by atoms with van der Waals surface area (Å²) in [5.41, 5.74) is 1.25. The van der Waals surface area contributed by atoms with E-state index < -0.39 is 11.7 Å². The molecule has 3 rings (SSSR count). The van der Waals surface area contributed by atoms with Crippen molar-refractivity contribution >= 4 is 5.91 Å². The van der Waals surface area contributed by atoms with Gasteiger partial charge in [-0.3, -0.25) is 4.79 Å². The van der Waals surface area contributed by atoms with Crippen LogP contribution in [0.2, 0.25) is 0 Å². The highest BCUT2D eigenvalue weighted by molar-refractivity contribution is 5.95. The van der Waals surface area contributed by atoms with E-state index in [4.69, 9.17) is 4.74 Å². The van der Waals surface area contributed by atoms with Gasteiger partial charge in [0.05, 0.1) is 23.4 Å². The van der Waals surface area contributed by atoms with E-state index in [0.717, 1.165) is 17.7 Å². The molecule has 0 atom stereocenters. The first-order valence-corrected chi connectivity index (χ1v) is 9.29. The maximum atomic E-state index is 12.7. The molecule has 0 spiro atoms. The van der Waals surface area contributed by atoms with Gasteiger partial charge >= 0.3 is 6.18 Å². The molecule has 0 aliphatic rings. The van der Waals surface area contributed by atoms with Crippen LogP contribution in [0.3, 0.4) is 0 Å². The molecule has 1 N–H and O–H groups in total. The molecule has 1 amide bonds. The topological polar surface area (TPSA) is 64.1 Å². The van der Waals surface area contributed by atoms with Crippen molar-refractivity contribution in [1.82, 2.24) is 15.3 Å². The van der Waals surface area contributed by atoms with Crippen LogP contribution in [0.1, 0.15) is 34.1 Å². The summed E-state index contributed by atoms with van der Waals surface area (Å²) in [6, 6.07) is 12.0. The summed E-state index contributed by atoms with van der Waals surface area (Å²) in [5, 5.41) is 2.81. The number of ether oxygens (including phenoxy) is 1. The number of aryl methyl sites for hydroxylation is 1. The number of halogens is 3. The Morgan fingerprint density at radius 2 is 1.80 bits per heavy atom. The number of benzene rings is 2. The third kappa shape index (κ3) is 4.94. The molecule has 0 aliphatic heterocycles. The Hall–Kier alpha value is -3.42. The number of para-hydroxylation sites is 1. The number of hydrogen-bond acceptors (Lipinski definition) is 4. The standard InChI is InChI=1S/C22H20F3N3O2/c1-3-30-19-7-5-4-6-16(19)12-27-21(29)18-13-26-20(28-14(18)2)15-8-10-17(11-9-15)22(23,24)25/h4-11,13H,3,12H2,1-2H3,(H,27,29). The van der Waals surface area contributed by atoms with E-state index in [1.165, 1.54) is 18.3 Å². The first-order valence-electron chi connectivity index (χ1n) is 9.29. The maximum Gasteiger partial charge on any atom is 0.416 e. The Morgan fingerprint density at radius 1 is 1.10 bits per heavy atom. The Kier molecular flexibility index (Phi) is 6.34. The zero-order chi connectivity index (χ0) is 21.7. The number of nitrogens with one attached hydrogen (secondary N) is 1. The second kappa shape index (κ2) is 8.94. The average Bonchev–Trinajstić information content (AvgIpc) is 2.72. The number of amides is 1. The number of aromatic nitrogens is 2. The lowest BCUT2D eigenvalue weighted by molar-refractivity contribution is -0.137. The number of nitrogens with zero attached hydrogens (tertiary/aromatic N) is 2. The molecule has 5 nitrogen and oxygen atoms in total. The molecule has 0 saturated heterocycles. The van der Waals surface area contributed by atoms with E-state index in [2.05, 4.69) is 15.3 Å². The van der Waals surface area contributed by atoms with Gasteiger partial charge in [0.1, 0.15) is 5.75 Å². The number of alkyl halides is 3. The Bertz CT molecular complexity index is 1030. The Labute approximate surface area is 171 Å². The molecule has 3 aromatic rings. The lowest BCUT2D eigenvalue weighted by Crippen LogP contribution is -2.24. The number of hydrogen-bond donors (Lipinski definition) is 1. The summed E-state index contributed by atoms with van der Waals surface area (Å²) in [5.74, 6) is 0.600. The minimum absolute atomic E-state index is 0.250. The lowest BCUT2D eigenvalue weighted by atomic mass is 10.1. The fraction of sp³-hybridized carbons (Fsp3) is 0.227. The molecule has 0 bridgehead atoms. The van der Waals surface area contributed by atoms with Gasteiger partial charge < -0.3 is 10.1 Å². The SMILES string of the molecule is CCOc1ccccc1CNC(=O)c1cnc(-c2ccc(C(F)(F)F)cc2)nc1C. The van der Waals surface area contributed by atoms with E-state index in [-0.39, 0.29) is 18.3 Å². The van der Waals surface area contributed by atoms with Crippen LogP contribution >= 0.6 is 0 Å². The van der Waals surface area contributed by atoms with Crippen molar-refractivity contribution in [3.05, 3.63) is 77.1 Å². The van der Waals surface area contributed by atoms with E-state index in [9.17, 15) is 18.0 Å². The lowest BCUT2D eigenvalue weighted by Gasteiger charge is -2.12. The molecule has 1 aromatic heterocycles. The summed E-state index contributed by atoms with van der Waals surface area (Å²) >= 11 is 0. The van der Waals surface area contributed by atoms with Crippen molar-refractivity contribution in [3.8, 4) is 17.1 Å². The molecule has 0 radical (unpaired) electrons. The zero-order valence-corrected chi connectivity index (χ0v) is 16.5. The Balaban J connectivity index is 1.73. The van der Waals surface area contributed by atoms with E-state index in [1.54, 1.807) is 6.92 Å². The first kappa shape index (κ1) is 21.3. The quantitative estimate of drug-likeness (QED) is 0.628. The predicted molar refractivity (Wildman–Crippen MR) is 106 cm³/mol. The molecule has 2 aromatic carbocycles. The highest BCUT2D eigenvalue weighted by atomic mass is 19.4. The van der Waals surface area contributed by atoms with Gasteiger partial charge in [-0.1, -0.05) is 30.3 Å². The van der Waals surface area contributed by atoms with Gasteiger partial charge in [0.15, 0.2) is 5.82 Å². The van der Waals surface area contributed by atoms with E-state index >= 15 is 0 Å². The summed E-state index contributed by atoms with van der Waals surface area (Å²) in [6.07, 6.45) is -3.03. The molecule has 1 heterocycles. The van der Waals surface area contributed by atoms with Crippen LogP contribution in [0, 0.1) is 6.92 Å². The highest BCUT2D eigenvalue weighted by Crippen LogP contribution is 2.30. The molecular weight excluding hydrogens is 395 g/mol. The third-order valence-corrected chi connectivity index (χ3v) is 4.41. The minimum Gasteiger partial charge on any atom is -0.494 e. The molecule has 0 unspecified atom stereocenters. The number of rotatable bonds is 6. The smallest absolute Gasteiger partial charge is 0.416 e. The van der Waals surface area contributed by atoms with Crippen LogP contribution in [-0.2, 0) is 12.7 Å². The molecule has 0 saturated carbocycles. The van der Waals surface area contributed by atoms with Crippen LogP contribution in [-0.4, -0.2) is 22.5 Å². The van der Waals surface area contributed by atoms with Crippen molar-refractivity contribution in [2.45, 2.75) is 26.6 Å². The Morgan fingerprint density at radius 3 is 2.43 bits per heavy atom. The molecule has 30 heavy (non-hydrogen) atoms. The summed E-state index contributed by atoms with van der Waals surface area (Å²) in [4.78, 5) is 21.0. The van der Waals surface area contributed by atoms with E-state index in [1.807, 2.05) is 31.2 Å². The monoisotopic (exact) mass is 415 g/mol.